The highest BCUT2D eigenvalue weighted by Gasteiger charge is 2.39. The average molecular weight is 253 g/mol. The number of rotatable bonds is 2. The van der Waals surface area contributed by atoms with Crippen LogP contribution < -0.4 is 5.32 Å². The summed E-state index contributed by atoms with van der Waals surface area (Å²) >= 11 is 0. The van der Waals surface area contributed by atoms with Crippen LogP contribution in [0.15, 0.2) is 0 Å². The van der Waals surface area contributed by atoms with Gasteiger partial charge >= 0.3 is 0 Å². The molecule has 2 fully saturated rings. The van der Waals surface area contributed by atoms with Crippen LogP contribution in [0.3, 0.4) is 0 Å². The summed E-state index contributed by atoms with van der Waals surface area (Å²) in [5.41, 5.74) is 0. The second-order valence-corrected chi connectivity index (χ2v) is 5.13. The number of nitrogens with zero attached hydrogens (tertiary/aromatic N) is 2. The van der Waals surface area contributed by atoms with Crippen LogP contribution in [-0.2, 0) is 14.4 Å². The Bertz CT molecular complexity index is 381. The molecular weight excluding hydrogens is 234 g/mol. The summed E-state index contributed by atoms with van der Waals surface area (Å²) in [6.07, 6.45) is 1.82. The summed E-state index contributed by atoms with van der Waals surface area (Å²) in [6, 6.07) is -0.344. The number of carbonyl (C=O) groups excluding carboxylic acids is 3. The van der Waals surface area contributed by atoms with Crippen molar-refractivity contribution in [3.63, 3.8) is 0 Å². The largest absolute Gasteiger partial charge is 0.355 e. The van der Waals surface area contributed by atoms with Gasteiger partial charge < -0.3 is 15.1 Å². The number of nitrogens with one attached hydrogen (secondary N) is 1. The Morgan fingerprint density at radius 3 is 2.67 bits per heavy atom. The second-order valence-electron chi connectivity index (χ2n) is 5.13. The maximum absolute atomic E-state index is 12.3. The first-order chi connectivity index (χ1) is 8.50. The second kappa shape index (κ2) is 4.96. The van der Waals surface area contributed by atoms with Crippen LogP contribution in [0.4, 0.5) is 0 Å². The quantitative estimate of drug-likeness (QED) is 0.700. The van der Waals surface area contributed by atoms with Crippen molar-refractivity contribution in [3.8, 4) is 0 Å². The van der Waals surface area contributed by atoms with E-state index < -0.39 is 0 Å². The molecule has 18 heavy (non-hydrogen) atoms. The molecule has 0 aliphatic carbocycles. The Hall–Kier alpha value is -1.59. The average Bonchev–Trinajstić information content (AvgIpc) is 2.95. The first-order valence-electron chi connectivity index (χ1n) is 6.29. The SMILES string of the molecule is CN(C)C(=O)C1CCCN1C(=O)C1CNC(=O)C1. The maximum atomic E-state index is 12.3. The van der Waals surface area contributed by atoms with E-state index in [2.05, 4.69) is 5.32 Å². The number of likely N-dealkylation sites (N-methyl/N-ethyl adjacent to an activating group) is 1. The summed E-state index contributed by atoms with van der Waals surface area (Å²) in [4.78, 5) is 38.6. The number of likely N-dealkylation sites (tertiary alicyclic amines) is 1. The zero-order valence-electron chi connectivity index (χ0n) is 10.8. The van der Waals surface area contributed by atoms with Crippen LogP contribution in [-0.4, -0.2) is 60.7 Å². The minimum Gasteiger partial charge on any atom is -0.355 e. The Labute approximate surface area is 106 Å². The van der Waals surface area contributed by atoms with Crippen LogP contribution in [0.2, 0.25) is 0 Å². The van der Waals surface area contributed by atoms with Gasteiger partial charge in [-0.05, 0) is 12.8 Å². The molecule has 0 bridgehead atoms. The monoisotopic (exact) mass is 253 g/mol. The van der Waals surface area contributed by atoms with E-state index in [0.29, 0.717) is 13.1 Å². The van der Waals surface area contributed by atoms with Crippen molar-refractivity contribution >= 4 is 17.7 Å². The lowest BCUT2D eigenvalue weighted by Crippen LogP contribution is -2.47. The van der Waals surface area contributed by atoms with Gasteiger partial charge in [0.15, 0.2) is 0 Å². The molecule has 6 nitrogen and oxygen atoms in total. The third-order valence-corrected chi connectivity index (χ3v) is 3.59. The highest BCUT2D eigenvalue weighted by atomic mass is 16.2. The van der Waals surface area contributed by atoms with Gasteiger partial charge in [-0.3, -0.25) is 14.4 Å². The minimum absolute atomic E-state index is 0.0295. The third-order valence-electron chi connectivity index (χ3n) is 3.59. The Morgan fingerprint density at radius 1 is 1.39 bits per heavy atom. The van der Waals surface area contributed by atoms with Crippen LogP contribution in [0.25, 0.3) is 0 Å². The van der Waals surface area contributed by atoms with Gasteiger partial charge in [-0.1, -0.05) is 0 Å². The van der Waals surface area contributed by atoms with Gasteiger partial charge in [0.05, 0.1) is 5.92 Å². The van der Waals surface area contributed by atoms with E-state index in [1.807, 2.05) is 0 Å². The van der Waals surface area contributed by atoms with Crippen LogP contribution >= 0.6 is 0 Å². The fourth-order valence-corrected chi connectivity index (χ4v) is 2.60. The predicted octanol–water partition coefficient (Wildman–Crippen LogP) is -0.798. The van der Waals surface area contributed by atoms with Crippen LogP contribution in [0, 0.1) is 5.92 Å². The molecular formula is C12H19N3O3. The molecule has 100 valence electrons. The van der Waals surface area contributed by atoms with Crippen molar-refractivity contribution in [1.82, 2.24) is 15.1 Å². The van der Waals surface area contributed by atoms with Crippen molar-refractivity contribution in [1.29, 1.82) is 0 Å². The zero-order chi connectivity index (χ0) is 13.3. The van der Waals surface area contributed by atoms with Gasteiger partial charge in [0.25, 0.3) is 0 Å². The summed E-state index contributed by atoms with van der Waals surface area (Å²) < 4.78 is 0. The van der Waals surface area contributed by atoms with E-state index in [9.17, 15) is 14.4 Å². The topological polar surface area (TPSA) is 69.7 Å². The number of hydrogen-bond acceptors (Lipinski definition) is 3. The molecule has 0 saturated carbocycles. The molecule has 0 aromatic carbocycles. The molecule has 2 aliphatic heterocycles. The van der Waals surface area contributed by atoms with Crippen molar-refractivity contribution < 1.29 is 14.4 Å². The van der Waals surface area contributed by atoms with Crippen molar-refractivity contribution in [2.75, 3.05) is 27.2 Å². The Morgan fingerprint density at radius 2 is 2.11 bits per heavy atom. The van der Waals surface area contributed by atoms with Gasteiger partial charge in [0.2, 0.25) is 17.7 Å². The highest BCUT2D eigenvalue weighted by molar-refractivity contribution is 5.92. The first kappa shape index (κ1) is 12.9. The van der Waals surface area contributed by atoms with Gasteiger partial charge in [0.1, 0.15) is 6.04 Å². The van der Waals surface area contributed by atoms with Gasteiger partial charge in [-0.2, -0.15) is 0 Å². The van der Waals surface area contributed by atoms with Crippen molar-refractivity contribution in [3.05, 3.63) is 0 Å². The normalized spacial score (nSPS) is 27.2. The standard InChI is InChI=1S/C12H19N3O3/c1-14(2)12(18)9-4-3-5-15(9)11(17)8-6-10(16)13-7-8/h8-9H,3-7H2,1-2H3,(H,13,16). The summed E-state index contributed by atoms with van der Waals surface area (Å²) in [5, 5.41) is 2.66. The van der Waals surface area contributed by atoms with Crippen LogP contribution in [0.5, 0.6) is 0 Å². The van der Waals surface area contributed by atoms with Gasteiger partial charge in [-0.15, -0.1) is 0 Å². The molecule has 2 aliphatic rings. The summed E-state index contributed by atoms with van der Waals surface area (Å²) in [7, 11) is 3.40. The molecule has 2 unspecified atom stereocenters. The maximum Gasteiger partial charge on any atom is 0.244 e. The molecule has 2 rings (SSSR count). The molecule has 0 aromatic rings. The number of hydrogen-bond donors (Lipinski definition) is 1. The summed E-state index contributed by atoms with van der Waals surface area (Å²) in [6.45, 7) is 1.02. The molecule has 0 spiro atoms. The van der Waals surface area contributed by atoms with E-state index in [4.69, 9.17) is 0 Å². The van der Waals surface area contributed by atoms with E-state index in [1.54, 1.807) is 19.0 Å². The van der Waals surface area contributed by atoms with Gasteiger partial charge in [-0.25, -0.2) is 0 Å². The minimum atomic E-state index is -0.344. The van der Waals surface area contributed by atoms with Gasteiger partial charge in [0, 0.05) is 33.6 Å². The zero-order valence-corrected chi connectivity index (χ0v) is 10.8. The number of carbonyl (C=O) groups is 3. The van der Waals surface area contributed by atoms with Crippen molar-refractivity contribution in [2.24, 2.45) is 5.92 Å². The summed E-state index contributed by atoms with van der Waals surface area (Å²) in [5.74, 6) is -0.472. The van der Waals surface area contributed by atoms with E-state index in [-0.39, 0.29) is 36.1 Å². The van der Waals surface area contributed by atoms with E-state index in [0.717, 1.165) is 12.8 Å². The molecule has 0 radical (unpaired) electrons. The predicted molar refractivity (Wildman–Crippen MR) is 64.5 cm³/mol. The Balaban J connectivity index is 2.05. The lowest BCUT2D eigenvalue weighted by atomic mass is 10.1. The first-order valence-corrected chi connectivity index (χ1v) is 6.29. The third kappa shape index (κ3) is 2.32. The molecule has 2 saturated heterocycles. The number of amides is 3. The van der Waals surface area contributed by atoms with E-state index in [1.165, 1.54) is 4.90 Å². The molecule has 1 N–H and O–H groups in total. The molecule has 3 amide bonds. The highest BCUT2D eigenvalue weighted by Crippen LogP contribution is 2.23. The molecule has 2 heterocycles. The molecule has 2 atom stereocenters. The van der Waals surface area contributed by atoms with Crippen molar-refractivity contribution in [2.45, 2.75) is 25.3 Å². The molecule has 0 aromatic heterocycles. The smallest absolute Gasteiger partial charge is 0.244 e. The van der Waals surface area contributed by atoms with E-state index >= 15 is 0 Å². The molecule has 6 heteroatoms. The lowest BCUT2D eigenvalue weighted by Gasteiger charge is -2.27. The lowest BCUT2D eigenvalue weighted by molar-refractivity contribution is -0.144. The fourth-order valence-electron chi connectivity index (χ4n) is 2.60. The fraction of sp³-hybridized carbons (Fsp3) is 0.750. The van der Waals surface area contributed by atoms with Crippen LogP contribution in [0.1, 0.15) is 19.3 Å². The Kier molecular flexibility index (Phi) is 3.54.